The number of hydrogen-bond acceptors (Lipinski definition) is 4. The first-order valence-corrected chi connectivity index (χ1v) is 6.68. The van der Waals surface area contributed by atoms with Crippen molar-refractivity contribution >= 4 is 34.8 Å². The molecule has 2 N–H and O–H groups in total. The maximum atomic E-state index is 12.0. The predicted octanol–water partition coefficient (Wildman–Crippen LogP) is 2.49. The van der Waals surface area contributed by atoms with E-state index in [2.05, 4.69) is 10.6 Å². The number of hydrogen-bond donors (Lipinski definition) is 2. The summed E-state index contributed by atoms with van der Waals surface area (Å²) < 4.78 is 0. The summed E-state index contributed by atoms with van der Waals surface area (Å²) in [6, 6.07) is 2.23. The fourth-order valence-electron chi connectivity index (χ4n) is 1.63. The largest absolute Gasteiger partial charge is 0.352 e. The number of nitrogens with one attached hydrogen (secondary N) is 2. The number of non-ortho nitro benzene ring substituents is 1. The van der Waals surface area contributed by atoms with E-state index in [9.17, 15) is 14.9 Å². The van der Waals surface area contributed by atoms with Crippen LogP contribution in [0, 0.1) is 16.0 Å². The lowest BCUT2D eigenvalue weighted by molar-refractivity contribution is -0.384. The molecule has 1 amide bonds. The Hall–Kier alpha value is -1.37. The van der Waals surface area contributed by atoms with Crippen LogP contribution in [-0.2, 0) is 0 Å². The third-order valence-corrected chi connectivity index (χ3v) is 3.43. The lowest BCUT2D eigenvalue weighted by Crippen LogP contribution is -2.32. The van der Waals surface area contributed by atoms with Crippen LogP contribution in [0.3, 0.4) is 0 Å². The van der Waals surface area contributed by atoms with Crippen LogP contribution in [0.1, 0.15) is 17.3 Å². The van der Waals surface area contributed by atoms with Crippen LogP contribution in [-0.4, -0.2) is 31.0 Å². The van der Waals surface area contributed by atoms with Crippen LogP contribution in [0.4, 0.5) is 5.69 Å². The molecule has 1 aromatic carbocycles. The summed E-state index contributed by atoms with van der Waals surface area (Å²) >= 11 is 11.7. The maximum Gasteiger partial charge on any atom is 0.271 e. The molecule has 0 radical (unpaired) electrons. The van der Waals surface area contributed by atoms with Crippen molar-refractivity contribution in [1.82, 2.24) is 10.6 Å². The Balaban J connectivity index is 2.89. The molecule has 0 bridgehead atoms. The van der Waals surface area contributed by atoms with Crippen molar-refractivity contribution in [2.75, 3.05) is 20.1 Å². The third-order valence-electron chi connectivity index (χ3n) is 2.63. The van der Waals surface area contributed by atoms with E-state index in [4.69, 9.17) is 23.2 Å². The number of carbonyl (C=O) groups excluding carboxylic acids is 1. The van der Waals surface area contributed by atoms with Crippen LogP contribution >= 0.6 is 23.2 Å². The first-order valence-electron chi connectivity index (χ1n) is 5.93. The molecular formula is C12H15Cl2N3O3. The molecule has 1 aromatic rings. The highest BCUT2D eigenvalue weighted by Crippen LogP contribution is 2.30. The van der Waals surface area contributed by atoms with Gasteiger partial charge in [-0.3, -0.25) is 14.9 Å². The minimum Gasteiger partial charge on any atom is -0.352 e. The van der Waals surface area contributed by atoms with Crippen molar-refractivity contribution in [3.63, 3.8) is 0 Å². The standard InChI is InChI=1S/C12H15Cl2N3O3/c1-7(5-15-2)6-16-12(18)9-3-8(17(19)20)4-10(13)11(9)14/h3-4,7,15H,5-6H2,1-2H3,(H,16,18). The van der Waals surface area contributed by atoms with E-state index < -0.39 is 10.8 Å². The molecule has 0 aromatic heterocycles. The summed E-state index contributed by atoms with van der Waals surface area (Å²) in [5.74, 6) is -0.263. The van der Waals surface area contributed by atoms with Crippen molar-refractivity contribution < 1.29 is 9.72 Å². The van der Waals surface area contributed by atoms with Gasteiger partial charge in [-0.2, -0.15) is 0 Å². The van der Waals surface area contributed by atoms with E-state index in [1.165, 1.54) is 0 Å². The number of nitrogens with zero attached hydrogens (tertiary/aromatic N) is 1. The molecule has 1 rings (SSSR count). The molecule has 0 aliphatic heterocycles. The number of rotatable bonds is 6. The van der Waals surface area contributed by atoms with Gasteiger partial charge in [-0.05, 0) is 19.5 Å². The Morgan fingerprint density at radius 2 is 2.05 bits per heavy atom. The van der Waals surface area contributed by atoms with Gasteiger partial charge in [0.2, 0.25) is 0 Å². The Labute approximate surface area is 126 Å². The smallest absolute Gasteiger partial charge is 0.271 e. The summed E-state index contributed by atoms with van der Waals surface area (Å²) in [5.41, 5.74) is -0.268. The van der Waals surface area contributed by atoms with Gasteiger partial charge in [0.1, 0.15) is 0 Å². The minimum absolute atomic E-state index is 0.00234. The number of nitro benzene ring substituents is 1. The van der Waals surface area contributed by atoms with E-state index in [1.54, 1.807) is 0 Å². The van der Waals surface area contributed by atoms with Crippen molar-refractivity contribution in [3.05, 3.63) is 37.9 Å². The van der Waals surface area contributed by atoms with Crippen LogP contribution in [0.5, 0.6) is 0 Å². The number of halogens is 2. The number of nitro groups is 1. The Kier molecular flexibility index (Phi) is 6.19. The monoisotopic (exact) mass is 319 g/mol. The molecule has 20 heavy (non-hydrogen) atoms. The fraction of sp³-hybridized carbons (Fsp3) is 0.417. The molecule has 110 valence electrons. The summed E-state index contributed by atoms with van der Waals surface area (Å²) in [6.45, 7) is 3.12. The highest BCUT2D eigenvalue weighted by atomic mass is 35.5. The molecule has 6 nitrogen and oxygen atoms in total. The second-order valence-corrected chi connectivity index (χ2v) is 5.20. The average Bonchev–Trinajstić information content (AvgIpc) is 2.39. The molecule has 8 heteroatoms. The van der Waals surface area contributed by atoms with E-state index in [0.29, 0.717) is 6.54 Å². The van der Waals surface area contributed by atoms with Gasteiger partial charge in [-0.1, -0.05) is 30.1 Å². The quantitative estimate of drug-likeness (QED) is 0.623. The topological polar surface area (TPSA) is 84.3 Å². The van der Waals surface area contributed by atoms with Gasteiger partial charge in [0.25, 0.3) is 11.6 Å². The van der Waals surface area contributed by atoms with Gasteiger partial charge < -0.3 is 10.6 Å². The van der Waals surface area contributed by atoms with Gasteiger partial charge in [0, 0.05) is 18.7 Å². The van der Waals surface area contributed by atoms with Crippen molar-refractivity contribution in [2.24, 2.45) is 5.92 Å². The number of carbonyl (C=O) groups is 1. The highest BCUT2D eigenvalue weighted by molar-refractivity contribution is 6.44. The van der Waals surface area contributed by atoms with Crippen LogP contribution in [0.15, 0.2) is 12.1 Å². The lowest BCUT2D eigenvalue weighted by atomic mass is 10.1. The minimum atomic E-state index is -0.622. The molecule has 0 aliphatic rings. The molecule has 0 fully saturated rings. The maximum absolute atomic E-state index is 12.0. The van der Waals surface area contributed by atoms with Crippen LogP contribution in [0.25, 0.3) is 0 Å². The highest BCUT2D eigenvalue weighted by Gasteiger charge is 2.19. The van der Waals surface area contributed by atoms with E-state index in [1.807, 2.05) is 14.0 Å². The average molecular weight is 320 g/mol. The van der Waals surface area contributed by atoms with Gasteiger partial charge in [-0.25, -0.2) is 0 Å². The third kappa shape index (κ3) is 4.33. The number of amides is 1. The van der Waals surface area contributed by atoms with Crippen molar-refractivity contribution in [3.8, 4) is 0 Å². The van der Waals surface area contributed by atoms with Crippen molar-refractivity contribution in [1.29, 1.82) is 0 Å². The summed E-state index contributed by atoms with van der Waals surface area (Å²) in [7, 11) is 1.81. The molecule has 0 aliphatic carbocycles. The second kappa shape index (κ2) is 7.42. The molecule has 1 atom stereocenters. The van der Waals surface area contributed by atoms with Crippen molar-refractivity contribution in [2.45, 2.75) is 6.92 Å². The Morgan fingerprint density at radius 3 is 2.60 bits per heavy atom. The zero-order valence-corrected chi connectivity index (χ0v) is 12.6. The van der Waals surface area contributed by atoms with Gasteiger partial charge >= 0.3 is 0 Å². The number of benzene rings is 1. The second-order valence-electron chi connectivity index (χ2n) is 4.42. The Bertz CT molecular complexity index is 523. The molecular weight excluding hydrogens is 305 g/mol. The molecule has 0 saturated heterocycles. The van der Waals surface area contributed by atoms with Crippen LogP contribution < -0.4 is 10.6 Å². The molecule has 0 heterocycles. The zero-order valence-electron chi connectivity index (χ0n) is 11.1. The normalized spacial score (nSPS) is 12.0. The fourth-order valence-corrected chi connectivity index (χ4v) is 2.04. The Morgan fingerprint density at radius 1 is 1.40 bits per heavy atom. The van der Waals surface area contributed by atoms with Gasteiger partial charge in [0.15, 0.2) is 0 Å². The summed E-state index contributed by atoms with van der Waals surface area (Å²) in [6.07, 6.45) is 0. The SMILES string of the molecule is CNCC(C)CNC(=O)c1cc([N+](=O)[O-])cc(Cl)c1Cl. The van der Waals surface area contributed by atoms with E-state index in [0.717, 1.165) is 18.7 Å². The van der Waals surface area contributed by atoms with E-state index in [-0.39, 0.29) is 27.2 Å². The molecule has 0 saturated carbocycles. The summed E-state index contributed by atoms with van der Waals surface area (Å²) in [4.78, 5) is 22.1. The molecule has 1 unspecified atom stereocenters. The van der Waals surface area contributed by atoms with E-state index >= 15 is 0 Å². The first-order chi connectivity index (χ1) is 9.36. The summed E-state index contributed by atoms with van der Waals surface area (Å²) in [5, 5.41) is 16.4. The zero-order chi connectivity index (χ0) is 15.3. The van der Waals surface area contributed by atoms with Gasteiger partial charge in [0.05, 0.1) is 20.5 Å². The lowest BCUT2D eigenvalue weighted by Gasteiger charge is -2.12. The first kappa shape index (κ1) is 16.7. The van der Waals surface area contributed by atoms with Gasteiger partial charge in [-0.15, -0.1) is 0 Å². The predicted molar refractivity (Wildman–Crippen MR) is 78.5 cm³/mol. The molecule has 0 spiro atoms. The van der Waals surface area contributed by atoms with Crippen LogP contribution in [0.2, 0.25) is 10.0 Å².